The molecule has 0 radical (unpaired) electrons. The summed E-state index contributed by atoms with van der Waals surface area (Å²) in [4.78, 5) is 11.2. The molecule has 5 atom stereocenters. The van der Waals surface area contributed by atoms with E-state index in [0.717, 1.165) is 38.3 Å². The average molecular weight is 354 g/mol. The van der Waals surface area contributed by atoms with Gasteiger partial charge in [0, 0.05) is 6.92 Å². The fourth-order valence-electron chi connectivity index (χ4n) is 3.54. The molecule has 140 valence electrons. The van der Waals surface area contributed by atoms with E-state index >= 15 is 0 Å². The fraction of sp³-hybridized carbons (Fsp3) is 0.938. The molecule has 0 aliphatic carbocycles. The second-order valence-corrected chi connectivity index (χ2v) is 6.93. The Balaban J connectivity index is 1.63. The van der Waals surface area contributed by atoms with E-state index in [1.807, 2.05) is 0 Å². The molecule has 3 aliphatic rings. The zero-order valence-corrected chi connectivity index (χ0v) is 15.3. The topological polar surface area (TPSA) is 72.5 Å². The highest BCUT2D eigenvalue weighted by atomic mass is 16.8. The van der Waals surface area contributed by atoms with Crippen LogP contribution in [0.5, 0.6) is 0 Å². The quantitative estimate of drug-likeness (QED) is 0.488. The van der Waals surface area contributed by atoms with Crippen LogP contribution in [0.4, 0.5) is 0 Å². The van der Waals surface area contributed by atoms with Crippen LogP contribution >= 0.6 is 0 Å². The minimum absolute atomic E-state index is 0.154. The van der Waals surface area contributed by atoms with Gasteiger partial charge < -0.3 is 28.1 Å². The molecule has 0 spiro atoms. The minimum atomic E-state index is -0.440. The molecule has 3 aliphatic heterocycles. The van der Waals surface area contributed by atoms with Crippen LogP contribution in [0.15, 0.2) is 0 Å². The van der Waals surface area contributed by atoms with Gasteiger partial charge in [-0.2, -0.15) is 0 Å². The van der Waals surface area contributed by atoms with Gasteiger partial charge in [0.05, 0.1) is 0 Å². The number of carbonyl (C=O) groups is 1. The van der Waals surface area contributed by atoms with E-state index in [0.29, 0.717) is 0 Å². The van der Waals surface area contributed by atoms with Crippen LogP contribution in [0.3, 0.4) is 0 Å². The molecule has 3 rings (SSSR count). The van der Waals surface area contributed by atoms with Crippen molar-refractivity contribution in [1.29, 1.82) is 0 Å². The zero-order chi connectivity index (χ0) is 17.8. The summed E-state index contributed by atoms with van der Waals surface area (Å²) in [6.07, 6.45) is 4.22. The molecule has 0 bridgehead atoms. The zero-order valence-electron chi connectivity index (χ0n) is 15.3. The largest absolute Gasteiger partial charge is 0.463 e. The van der Waals surface area contributed by atoms with Crippen LogP contribution in [0.2, 0.25) is 12.6 Å². The summed E-state index contributed by atoms with van der Waals surface area (Å²) in [6.45, 7) is 5.81. The van der Waals surface area contributed by atoms with Gasteiger partial charge in [-0.05, 0) is 12.6 Å². The smallest absolute Gasteiger partial charge is 0.459 e. The summed E-state index contributed by atoms with van der Waals surface area (Å²) in [6, 6.07) is 0. The lowest BCUT2D eigenvalue weighted by Crippen LogP contribution is -2.55. The van der Waals surface area contributed by atoms with Crippen molar-refractivity contribution in [2.45, 2.75) is 89.8 Å². The van der Waals surface area contributed by atoms with Gasteiger partial charge in [-0.3, -0.25) is 4.79 Å². The van der Waals surface area contributed by atoms with Crippen LogP contribution in [-0.2, 0) is 32.9 Å². The summed E-state index contributed by atoms with van der Waals surface area (Å²) < 4.78 is 35.2. The van der Waals surface area contributed by atoms with Crippen LogP contribution in [0.1, 0.15) is 46.5 Å². The Bertz CT molecular complexity index is 452. The monoisotopic (exact) mass is 354 g/mol. The molecule has 3 saturated heterocycles. The summed E-state index contributed by atoms with van der Waals surface area (Å²) in [7, 11) is -0.564. The third kappa shape index (κ3) is 4.57. The first-order valence-corrected chi connectivity index (χ1v) is 9.53. The Morgan fingerprint density at radius 3 is 2.20 bits per heavy atom. The maximum atomic E-state index is 11.2. The van der Waals surface area contributed by atoms with Gasteiger partial charge in [-0.1, -0.05) is 39.5 Å². The second kappa shape index (κ2) is 8.86. The Morgan fingerprint density at radius 2 is 1.56 bits per heavy atom. The van der Waals surface area contributed by atoms with E-state index in [9.17, 15) is 4.79 Å². The number of fused-ring (bicyclic) bond motifs is 3. The van der Waals surface area contributed by atoms with Crippen molar-refractivity contribution in [3.63, 3.8) is 0 Å². The molecule has 0 N–H and O–H groups in total. The van der Waals surface area contributed by atoms with Gasteiger partial charge in [0.15, 0.2) is 6.29 Å². The number of hydrogen-bond donors (Lipinski definition) is 0. The number of ether oxygens (including phenoxy) is 2. The highest BCUT2D eigenvalue weighted by molar-refractivity contribution is 6.45. The molecule has 3 fully saturated rings. The number of unbranched alkanes of at least 4 members (excludes halogenated alkanes) is 2. The van der Waals surface area contributed by atoms with Crippen molar-refractivity contribution < 1.29 is 32.9 Å². The lowest BCUT2D eigenvalue weighted by Gasteiger charge is -2.37. The number of carbonyl (C=O) groups excluding carboxylic acids is 1. The molecule has 7 nitrogen and oxygen atoms in total. The fourth-order valence-corrected chi connectivity index (χ4v) is 3.54. The van der Waals surface area contributed by atoms with E-state index in [2.05, 4.69) is 13.8 Å². The summed E-state index contributed by atoms with van der Waals surface area (Å²) in [5.74, 6) is -0.331. The molecule has 0 aromatic carbocycles. The molecule has 25 heavy (non-hydrogen) atoms. The van der Waals surface area contributed by atoms with Gasteiger partial charge in [-0.15, -0.1) is 0 Å². The molecule has 3 heterocycles. The number of esters is 1. The van der Waals surface area contributed by atoms with Crippen LogP contribution in [0, 0.1) is 0 Å². The van der Waals surface area contributed by atoms with Crippen molar-refractivity contribution in [1.82, 2.24) is 0 Å². The molecule has 0 saturated carbocycles. The van der Waals surface area contributed by atoms with Crippen molar-refractivity contribution in [3.05, 3.63) is 0 Å². The third-order valence-electron chi connectivity index (χ3n) is 4.84. The first kappa shape index (κ1) is 19.2. The first-order valence-electron chi connectivity index (χ1n) is 9.53. The molecule has 9 heteroatoms. The molecule has 0 aromatic rings. The molecule has 0 aromatic heterocycles. The summed E-state index contributed by atoms with van der Waals surface area (Å²) in [5.41, 5.74) is 0. The normalized spacial score (nSPS) is 34.1. The lowest BCUT2D eigenvalue weighted by atomic mass is 9.78. The van der Waals surface area contributed by atoms with Crippen molar-refractivity contribution >= 4 is 20.2 Å². The van der Waals surface area contributed by atoms with E-state index in [4.69, 9.17) is 28.1 Å². The van der Waals surface area contributed by atoms with Crippen LogP contribution < -0.4 is 0 Å². The highest BCUT2D eigenvalue weighted by Gasteiger charge is 2.59. The highest BCUT2D eigenvalue weighted by Crippen LogP contribution is 2.39. The molecular formula is C16H28B2O7. The van der Waals surface area contributed by atoms with Gasteiger partial charge in [0.25, 0.3) is 0 Å². The van der Waals surface area contributed by atoms with E-state index in [1.54, 1.807) is 0 Å². The molecular weight excluding hydrogens is 326 g/mol. The van der Waals surface area contributed by atoms with Gasteiger partial charge in [-0.25, -0.2) is 0 Å². The third-order valence-corrected chi connectivity index (χ3v) is 4.84. The van der Waals surface area contributed by atoms with E-state index in [1.165, 1.54) is 6.92 Å². The van der Waals surface area contributed by atoms with Crippen LogP contribution in [-0.4, -0.2) is 57.5 Å². The second-order valence-electron chi connectivity index (χ2n) is 6.93. The maximum Gasteiger partial charge on any atom is 0.459 e. The minimum Gasteiger partial charge on any atom is -0.463 e. The Hall–Kier alpha value is -0.600. The SMILES string of the molecule is CCCCB1OC2OC3C(COC(C)=O)OB(CCCC)OC3C2O1. The lowest BCUT2D eigenvalue weighted by molar-refractivity contribution is -0.160. The van der Waals surface area contributed by atoms with Gasteiger partial charge >= 0.3 is 20.2 Å². The standard InChI is InChI=1S/C16H28B2O7/c1-4-6-8-17-22-12(10-20-11(3)19)13-14(23-17)15-16(21-13)25-18(24-15)9-7-5-2/h12-16H,4-10H2,1-3H3. The first-order chi connectivity index (χ1) is 12.1. The van der Waals surface area contributed by atoms with E-state index in [-0.39, 0.29) is 51.2 Å². The molecule has 5 unspecified atom stereocenters. The number of hydrogen-bond acceptors (Lipinski definition) is 7. The Labute approximate surface area is 150 Å². The van der Waals surface area contributed by atoms with E-state index < -0.39 is 6.29 Å². The summed E-state index contributed by atoms with van der Waals surface area (Å²) in [5, 5.41) is 0. The predicted molar refractivity (Wildman–Crippen MR) is 91.9 cm³/mol. The van der Waals surface area contributed by atoms with Crippen LogP contribution in [0.25, 0.3) is 0 Å². The number of rotatable bonds is 8. The molecule has 0 amide bonds. The predicted octanol–water partition coefficient (Wildman–Crippen LogP) is 2.05. The van der Waals surface area contributed by atoms with Crippen molar-refractivity contribution in [2.24, 2.45) is 0 Å². The van der Waals surface area contributed by atoms with Crippen molar-refractivity contribution in [3.8, 4) is 0 Å². The van der Waals surface area contributed by atoms with Gasteiger partial charge in [0.1, 0.15) is 31.0 Å². The maximum absolute atomic E-state index is 11.2. The van der Waals surface area contributed by atoms with Crippen molar-refractivity contribution in [2.75, 3.05) is 6.61 Å². The Kier molecular flexibility index (Phi) is 6.79. The summed E-state index contributed by atoms with van der Waals surface area (Å²) >= 11 is 0. The van der Waals surface area contributed by atoms with Gasteiger partial charge in [0.2, 0.25) is 0 Å². The Morgan fingerprint density at radius 1 is 0.920 bits per heavy atom. The average Bonchev–Trinajstić information content (AvgIpc) is 3.13.